The number of alkyl carbamates (subject to hydrolysis) is 1. The van der Waals surface area contributed by atoms with E-state index < -0.39 is 74.1 Å². The fraction of sp³-hybridized carbons (Fsp3) is 0.488. The van der Waals surface area contributed by atoms with Crippen LogP contribution in [0.25, 0.3) is 22.2 Å². The molecular formula is C41H51N5O9S. The molecule has 2 unspecified atom stereocenters. The van der Waals surface area contributed by atoms with Gasteiger partial charge >= 0.3 is 6.09 Å². The number of methoxy groups -OCH3 is 1. The van der Waals surface area contributed by atoms with Crippen molar-refractivity contribution in [2.75, 3.05) is 20.3 Å². The number of rotatable bonds is 15. The van der Waals surface area contributed by atoms with Gasteiger partial charge in [0.25, 0.3) is 5.91 Å². The standard InChI is InChI=1S/C41H51N5O9S/c1-7-9-19-54-39(50)43-35(40(3,4)5)37(48)46-24-28(21-33(46)36(47)44-41(23-26(41)8-2)38(49)45-56(51,52)29-16-17-29)55-34-22-31(25-13-11-10-12-14-25)42-32-20-27(53-6)15-18-30(32)34/h8,10-15,18,20,22,26,28-29,33,35H,2,7,9,16-17,19,21,23-24H2,1,3-6H3,(H,43,50)(H,44,47)(H,45,49)/t26?,28-,33+,35-,41?/m1/s1. The number of benzene rings is 2. The topological polar surface area (TPSA) is 182 Å². The second-order valence-corrected chi connectivity index (χ2v) is 17.8. The van der Waals surface area contributed by atoms with Gasteiger partial charge in [-0.3, -0.25) is 19.1 Å². The number of hydrogen-bond donors (Lipinski definition) is 3. The minimum Gasteiger partial charge on any atom is -0.497 e. The molecule has 4 amide bonds. The fourth-order valence-corrected chi connectivity index (χ4v) is 8.38. The van der Waals surface area contributed by atoms with E-state index in [1.165, 1.54) is 11.0 Å². The molecule has 3 aliphatic rings. The Labute approximate surface area is 327 Å². The van der Waals surface area contributed by atoms with E-state index in [1.54, 1.807) is 40.0 Å². The largest absolute Gasteiger partial charge is 0.497 e. The molecule has 0 bridgehead atoms. The molecule has 14 nitrogen and oxygen atoms in total. The number of unbranched alkanes of at least 4 members (excludes halogenated alkanes) is 1. The van der Waals surface area contributed by atoms with Crippen molar-refractivity contribution in [1.82, 2.24) is 25.2 Å². The van der Waals surface area contributed by atoms with E-state index in [9.17, 15) is 27.6 Å². The highest BCUT2D eigenvalue weighted by Crippen LogP contribution is 2.46. The number of amides is 4. The molecule has 1 aromatic heterocycles. The fourth-order valence-electron chi connectivity index (χ4n) is 7.01. The summed E-state index contributed by atoms with van der Waals surface area (Å²) in [5, 5.41) is 5.57. The third-order valence-corrected chi connectivity index (χ3v) is 12.4. The Hall–Kier alpha value is -5.18. The lowest BCUT2D eigenvalue weighted by Crippen LogP contribution is -2.60. The van der Waals surface area contributed by atoms with E-state index in [-0.39, 0.29) is 26.0 Å². The predicted molar refractivity (Wildman–Crippen MR) is 210 cm³/mol. The van der Waals surface area contributed by atoms with Crippen LogP contribution in [-0.2, 0) is 29.1 Å². The van der Waals surface area contributed by atoms with Crippen molar-refractivity contribution >= 4 is 44.7 Å². The van der Waals surface area contributed by atoms with Crippen LogP contribution < -0.4 is 24.8 Å². The van der Waals surface area contributed by atoms with Crippen LogP contribution in [0.4, 0.5) is 4.79 Å². The van der Waals surface area contributed by atoms with Crippen molar-refractivity contribution in [2.45, 2.75) is 95.2 Å². The number of carbonyl (C=O) groups is 4. The smallest absolute Gasteiger partial charge is 0.407 e. The molecule has 56 heavy (non-hydrogen) atoms. The van der Waals surface area contributed by atoms with Crippen LogP contribution in [0, 0.1) is 11.3 Å². The second-order valence-electron chi connectivity index (χ2n) is 15.9. The number of likely N-dealkylation sites (tertiary alicyclic amines) is 1. The molecule has 2 heterocycles. The summed E-state index contributed by atoms with van der Waals surface area (Å²) < 4.78 is 45.2. The summed E-state index contributed by atoms with van der Waals surface area (Å²) in [5.74, 6) is -1.52. The van der Waals surface area contributed by atoms with Crippen LogP contribution in [0.3, 0.4) is 0 Å². The van der Waals surface area contributed by atoms with E-state index in [2.05, 4.69) is 21.9 Å². The van der Waals surface area contributed by atoms with E-state index in [0.717, 1.165) is 12.0 Å². The Bertz CT molecular complexity index is 2100. The van der Waals surface area contributed by atoms with Gasteiger partial charge in [0.2, 0.25) is 21.8 Å². The molecule has 2 aromatic carbocycles. The van der Waals surface area contributed by atoms with Gasteiger partial charge in [-0.25, -0.2) is 18.2 Å². The molecule has 3 aromatic rings. The van der Waals surface area contributed by atoms with Gasteiger partial charge in [0, 0.05) is 35.4 Å². The zero-order chi connectivity index (χ0) is 40.4. The normalized spacial score (nSPS) is 22.4. The Kier molecular flexibility index (Phi) is 11.7. The van der Waals surface area contributed by atoms with E-state index in [4.69, 9.17) is 19.2 Å². The molecule has 3 fully saturated rings. The number of carbonyl (C=O) groups excluding carboxylic acids is 4. The van der Waals surface area contributed by atoms with E-state index in [1.807, 2.05) is 49.4 Å². The molecule has 1 saturated heterocycles. The second kappa shape index (κ2) is 16.1. The Morgan fingerprint density at radius 2 is 1.82 bits per heavy atom. The minimum absolute atomic E-state index is 0.0207. The highest BCUT2D eigenvalue weighted by Gasteiger charge is 2.62. The first-order valence-corrected chi connectivity index (χ1v) is 20.6. The molecule has 0 radical (unpaired) electrons. The summed E-state index contributed by atoms with van der Waals surface area (Å²) in [7, 11) is -2.34. The maximum Gasteiger partial charge on any atom is 0.407 e. The molecule has 1 aliphatic heterocycles. The first-order valence-electron chi connectivity index (χ1n) is 19.1. The number of nitrogens with zero attached hydrogens (tertiary/aromatic N) is 2. The lowest BCUT2D eigenvalue weighted by atomic mass is 9.85. The van der Waals surface area contributed by atoms with Crippen LogP contribution in [0.5, 0.6) is 11.5 Å². The van der Waals surface area contributed by atoms with Gasteiger partial charge in [-0.2, -0.15) is 0 Å². The van der Waals surface area contributed by atoms with Gasteiger partial charge in [0.05, 0.1) is 36.7 Å². The average Bonchev–Trinajstić information content (AvgIpc) is 4.10. The molecule has 2 aliphatic carbocycles. The summed E-state index contributed by atoms with van der Waals surface area (Å²) >= 11 is 0. The number of ether oxygens (including phenoxy) is 3. The summed E-state index contributed by atoms with van der Waals surface area (Å²) in [6, 6.07) is 14.5. The molecule has 5 atom stereocenters. The highest BCUT2D eigenvalue weighted by molar-refractivity contribution is 7.91. The quantitative estimate of drug-likeness (QED) is 0.142. The van der Waals surface area contributed by atoms with Gasteiger partial charge in [-0.05, 0) is 43.2 Å². The van der Waals surface area contributed by atoms with E-state index >= 15 is 0 Å². The monoisotopic (exact) mass is 789 g/mol. The Morgan fingerprint density at radius 3 is 2.45 bits per heavy atom. The Balaban J connectivity index is 1.33. The van der Waals surface area contributed by atoms with Gasteiger partial charge in [0.15, 0.2) is 0 Å². The molecule has 300 valence electrons. The molecule has 0 spiro atoms. The summed E-state index contributed by atoms with van der Waals surface area (Å²) in [5.41, 5.74) is -0.282. The van der Waals surface area contributed by atoms with Gasteiger partial charge in [0.1, 0.15) is 35.2 Å². The van der Waals surface area contributed by atoms with Crippen LogP contribution in [0.2, 0.25) is 0 Å². The van der Waals surface area contributed by atoms with Crippen LogP contribution in [-0.4, -0.2) is 91.4 Å². The van der Waals surface area contributed by atoms with Gasteiger partial charge in [-0.15, -0.1) is 6.58 Å². The third-order valence-electron chi connectivity index (χ3n) is 10.5. The van der Waals surface area contributed by atoms with Crippen molar-refractivity contribution in [3.05, 3.63) is 67.3 Å². The number of fused-ring (bicyclic) bond motifs is 1. The Morgan fingerprint density at radius 1 is 1.09 bits per heavy atom. The minimum atomic E-state index is -3.91. The third kappa shape index (κ3) is 8.77. The van der Waals surface area contributed by atoms with Gasteiger partial charge < -0.3 is 29.7 Å². The van der Waals surface area contributed by atoms with Crippen LogP contribution in [0.15, 0.2) is 67.3 Å². The van der Waals surface area contributed by atoms with Crippen LogP contribution in [0.1, 0.15) is 66.2 Å². The molecule has 2 saturated carbocycles. The van der Waals surface area contributed by atoms with Crippen molar-refractivity contribution in [3.63, 3.8) is 0 Å². The lowest BCUT2D eigenvalue weighted by molar-refractivity contribution is -0.142. The van der Waals surface area contributed by atoms with Crippen molar-refractivity contribution in [1.29, 1.82) is 0 Å². The summed E-state index contributed by atoms with van der Waals surface area (Å²) in [4.78, 5) is 61.8. The first kappa shape index (κ1) is 40.5. The van der Waals surface area contributed by atoms with Gasteiger partial charge in [-0.1, -0.05) is 70.5 Å². The zero-order valence-corrected chi connectivity index (χ0v) is 33.3. The number of pyridine rings is 1. The number of nitrogens with one attached hydrogen (secondary N) is 3. The summed E-state index contributed by atoms with van der Waals surface area (Å²) in [6.07, 6.45) is 2.55. The van der Waals surface area contributed by atoms with Crippen LogP contribution >= 0.6 is 0 Å². The maximum absolute atomic E-state index is 14.6. The SMILES string of the molecule is C=CC1CC1(NC(=O)[C@@H]1C[C@@H](Oc2cc(-c3ccccc3)nc3cc(OC)ccc23)CN1C(=O)[C@@H](NC(=O)OCCCC)C(C)(C)C)C(=O)NS(=O)(=O)C1CC1. The number of aromatic nitrogens is 1. The summed E-state index contributed by atoms with van der Waals surface area (Å²) in [6.45, 7) is 11.3. The molecule has 6 rings (SSSR count). The lowest BCUT2D eigenvalue weighted by Gasteiger charge is -2.35. The predicted octanol–water partition coefficient (Wildman–Crippen LogP) is 4.87. The molecule has 15 heteroatoms. The van der Waals surface area contributed by atoms with Crippen molar-refractivity contribution < 1.29 is 41.8 Å². The van der Waals surface area contributed by atoms with E-state index in [0.29, 0.717) is 47.4 Å². The van der Waals surface area contributed by atoms with Crippen molar-refractivity contribution in [3.8, 4) is 22.8 Å². The maximum atomic E-state index is 14.6. The average molecular weight is 790 g/mol. The number of sulfonamides is 1. The molecule has 3 N–H and O–H groups in total. The van der Waals surface area contributed by atoms with Crippen molar-refractivity contribution in [2.24, 2.45) is 11.3 Å². The number of hydrogen-bond acceptors (Lipinski definition) is 10. The zero-order valence-electron chi connectivity index (χ0n) is 32.5. The first-order chi connectivity index (χ1) is 26.6. The molecular weight excluding hydrogens is 739 g/mol. The highest BCUT2D eigenvalue weighted by atomic mass is 32.2.